The Balaban J connectivity index is 1.50. The number of rotatable bonds is 2. The van der Waals surface area contributed by atoms with Crippen LogP contribution < -0.4 is 4.90 Å². The van der Waals surface area contributed by atoms with E-state index in [1.165, 1.54) is 11.3 Å². The molecule has 0 N–H and O–H groups in total. The first-order chi connectivity index (χ1) is 15.5. The molecule has 4 unspecified atom stereocenters. The first kappa shape index (κ1) is 19.9. The highest BCUT2D eigenvalue weighted by Gasteiger charge is 2.53. The zero-order valence-electron chi connectivity index (χ0n) is 17.5. The van der Waals surface area contributed by atoms with Crippen molar-refractivity contribution in [1.29, 1.82) is 0 Å². The summed E-state index contributed by atoms with van der Waals surface area (Å²) in [5, 5.41) is 0.537. The van der Waals surface area contributed by atoms with Gasteiger partial charge in [-0.05, 0) is 49.4 Å². The molecule has 0 bridgehead atoms. The van der Waals surface area contributed by atoms with Gasteiger partial charge >= 0.3 is 0 Å². The summed E-state index contributed by atoms with van der Waals surface area (Å²) in [6.07, 6.45) is 1.77. The van der Waals surface area contributed by atoms with E-state index in [0.29, 0.717) is 23.5 Å². The average molecular weight is 465 g/mol. The number of Topliss-reactive ketones (excluding diaryl/α,β-unsaturated/α-hetero) is 1. The number of carbonyl (C=O) groups is 2. The number of thiazole rings is 1. The first-order valence-corrected chi connectivity index (χ1v) is 12.1. The molecule has 0 spiro atoms. The van der Waals surface area contributed by atoms with E-state index in [1.54, 1.807) is 4.90 Å². The lowest BCUT2D eigenvalue weighted by Crippen LogP contribution is -2.41. The van der Waals surface area contributed by atoms with Gasteiger partial charge < -0.3 is 4.74 Å². The van der Waals surface area contributed by atoms with Crippen molar-refractivity contribution in [3.05, 3.63) is 71.0 Å². The van der Waals surface area contributed by atoms with Gasteiger partial charge in [0.05, 0.1) is 27.7 Å². The number of ketones is 1. The molecule has 4 atom stereocenters. The van der Waals surface area contributed by atoms with Gasteiger partial charge in [-0.1, -0.05) is 47.7 Å². The summed E-state index contributed by atoms with van der Waals surface area (Å²) in [7, 11) is 0. The SMILES string of the molecule is Cc1ccc2nc(N3C(=O)C4=C(C(=O)C5CC(Cl)CCC5O4)C3c3ccccc3)sc2c1. The Labute approximate surface area is 194 Å². The van der Waals surface area contributed by atoms with Crippen molar-refractivity contribution in [2.45, 2.75) is 43.7 Å². The van der Waals surface area contributed by atoms with E-state index in [9.17, 15) is 9.59 Å². The standard InChI is InChI=1S/C25H21ClN2O3S/c1-13-7-9-17-19(11-13)32-25(27-17)28-21(14-5-3-2-4-6-14)20-22(29)16-12-15(26)8-10-18(16)31-23(20)24(28)30/h2-7,9,11,15-16,18,21H,8,10,12H2,1H3. The van der Waals surface area contributed by atoms with Gasteiger partial charge in [0.2, 0.25) is 0 Å². The van der Waals surface area contributed by atoms with Gasteiger partial charge in [0, 0.05) is 5.38 Å². The highest BCUT2D eigenvalue weighted by atomic mass is 35.5. The molecule has 32 heavy (non-hydrogen) atoms. The number of aromatic nitrogens is 1. The van der Waals surface area contributed by atoms with Gasteiger partial charge in [0.1, 0.15) is 6.10 Å². The molecule has 0 saturated heterocycles. The summed E-state index contributed by atoms with van der Waals surface area (Å²) in [5.41, 5.74) is 3.29. The summed E-state index contributed by atoms with van der Waals surface area (Å²) < 4.78 is 7.24. The number of ether oxygens (including phenoxy) is 1. The first-order valence-electron chi connectivity index (χ1n) is 10.9. The smallest absolute Gasteiger partial charge is 0.296 e. The van der Waals surface area contributed by atoms with Crippen LogP contribution in [-0.4, -0.2) is 28.2 Å². The molecule has 3 heterocycles. The number of carbonyl (C=O) groups excluding carboxylic acids is 2. The fraction of sp³-hybridized carbons (Fsp3) is 0.320. The number of nitrogens with zero attached hydrogens (tertiary/aromatic N) is 2. The molecule has 1 saturated carbocycles. The lowest BCUT2D eigenvalue weighted by molar-refractivity contribution is -0.131. The maximum Gasteiger partial charge on any atom is 0.296 e. The number of amides is 1. The molecule has 3 aliphatic rings. The molecule has 1 aromatic heterocycles. The minimum atomic E-state index is -0.551. The summed E-state index contributed by atoms with van der Waals surface area (Å²) in [6, 6.07) is 15.2. The zero-order valence-corrected chi connectivity index (χ0v) is 19.0. The molecular weight excluding hydrogens is 444 g/mol. The monoisotopic (exact) mass is 464 g/mol. The third-order valence-electron chi connectivity index (χ3n) is 6.64. The Bertz CT molecular complexity index is 1280. The number of fused-ring (bicyclic) bond motifs is 2. The molecule has 0 radical (unpaired) electrons. The topological polar surface area (TPSA) is 59.5 Å². The van der Waals surface area contributed by atoms with Crippen LogP contribution in [0.1, 0.15) is 36.4 Å². The number of hydrogen-bond acceptors (Lipinski definition) is 5. The van der Waals surface area contributed by atoms with Crippen molar-refractivity contribution in [1.82, 2.24) is 4.98 Å². The van der Waals surface area contributed by atoms with Crippen LogP contribution >= 0.6 is 22.9 Å². The van der Waals surface area contributed by atoms with Crippen molar-refractivity contribution < 1.29 is 14.3 Å². The van der Waals surface area contributed by atoms with Gasteiger partial charge in [-0.2, -0.15) is 0 Å². The summed E-state index contributed by atoms with van der Waals surface area (Å²) in [4.78, 5) is 33.8. The zero-order chi connectivity index (χ0) is 22.0. The number of halogens is 1. The molecule has 7 heteroatoms. The van der Waals surface area contributed by atoms with Crippen LogP contribution in [0.3, 0.4) is 0 Å². The molecule has 1 fully saturated rings. The van der Waals surface area contributed by atoms with Crippen molar-refractivity contribution in [2.24, 2.45) is 5.92 Å². The van der Waals surface area contributed by atoms with Crippen LogP contribution in [-0.2, 0) is 14.3 Å². The van der Waals surface area contributed by atoms with Crippen LogP contribution in [0, 0.1) is 12.8 Å². The number of aryl methyl sites for hydroxylation is 1. The van der Waals surface area contributed by atoms with Gasteiger partial charge in [0.25, 0.3) is 5.91 Å². The summed E-state index contributed by atoms with van der Waals surface area (Å²) in [5.74, 6) is -0.414. The van der Waals surface area contributed by atoms with Gasteiger partial charge in [-0.15, -0.1) is 11.6 Å². The van der Waals surface area contributed by atoms with E-state index in [0.717, 1.165) is 27.8 Å². The second-order valence-corrected chi connectivity index (χ2v) is 10.4. The number of alkyl halides is 1. The van der Waals surface area contributed by atoms with E-state index >= 15 is 0 Å². The molecule has 1 aliphatic carbocycles. The molecule has 2 aromatic carbocycles. The summed E-state index contributed by atoms with van der Waals surface area (Å²) >= 11 is 7.86. The predicted molar refractivity (Wildman–Crippen MR) is 125 cm³/mol. The Hall–Kier alpha value is -2.70. The lowest BCUT2D eigenvalue weighted by atomic mass is 9.77. The molecule has 162 valence electrons. The maximum absolute atomic E-state index is 13.7. The van der Waals surface area contributed by atoms with Crippen LogP contribution in [0.4, 0.5) is 5.13 Å². The van der Waals surface area contributed by atoms with E-state index in [1.807, 2.05) is 49.4 Å². The number of benzene rings is 2. The van der Waals surface area contributed by atoms with E-state index in [2.05, 4.69) is 6.07 Å². The lowest BCUT2D eigenvalue weighted by Gasteiger charge is -2.37. The molecule has 6 rings (SSSR count). The van der Waals surface area contributed by atoms with E-state index < -0.39 is 6.04 Å². The minimum Gasteiger partial charge on any atom is -0.483 e. The number of anilines is 1. The number of hydrogen-bond donors (Lipinski definition) is 0. The predicted octanol–water partition coefficient (Wildman–Crippen LogP) is 5.32. The minimum absolute atomic E-state index is 0.0109. The maximum atomic E-state index is 13.7. The molecule has 5 nitrogen and oxygen atoms in total. The Morgan fingerprint density at radius 1 is 1.12 bits per heavy atom. The average Bonchev–Trinajstić information content (AvgIpc) is 3.33. The quantitative estimate of drug-likeness (QED) is 0.481. The fourth-order valence-electron chi connectivity index (χ4n) is 5.09. The highest BCUT2D eigenvalue weighted by molar-refractivity contribution is 7.22. The van der Waals surface area contributed by atoms with Gasteiger partial charge in [-0.25, -0.2) is 4.98 Å². The highest BCUT2D eigenvalue weighted by Crippen LogP contribution is 2.49. The molecule has 2 aliphatic heterocycles. The van der Waals surface area contributed by atoms with Crippen molar-refractivity contribution in [2.75, 3.05) is 4.90 Å². The van der Waals surface area contributed by atoms with Crippen molar-refractivity contribution in [3.63, 3.8) is 0 Å². The third-order valence-corrected chi connectivity index (χ3v) is 8.05. The second-order valence-electron chi connectivity index (χ2n) is 8.74. The molecule has 1 amide bonds. The van der Waals surface area contributed by atoms with Crippen molar-refractivity contribution >= 4 is 50.0 Å². The van der Waals surface area contributed by atoms with Crippen molar-refractivity contribution in [3.8, 4) is 0 Å². The van der Waals surface area contributed by atoms with Gasteiger partial charge in [0.15, 0.2) is 16.7 Å². The van der Waals surface area contributed by atoms with Crippen LogP contribution in [0.25, 0.3) is 10.2 Å². The van der Waals surface area contributed by atoms with E-state index in [4.69, 9.17) is 21.3 Å². The Kier molecular flexibility index (Phi) is 4.63. The summed E-state index contributed by atoms with van der Waals surface area (Å²) in [6.45, 7) is 2.03. The van der Waals surface area contributed by atoms with Crippen LogP contribution in [0.5, 0.6) is 0 Å². The Morgan fingerprint density at radius 2 is 1.94 bits per heavy atom. The van der Waals surface area contributed by atoms with E-state index in [-0.39, 0.29) is 34.8 Å². The largest absolute Gasteiger partial charge is 0.483 e. The van der Waals surface area contributed by atoms with Crippen LogP contribution in [0.15, 0.2) is 59.9 Å². The molecule has 3 aromatic rings. The third kappa shape index (κ3) is 3.00. The van der Waals surface area contributed by atoms with Gasteiger partial charge in [-0.3, -0.25) is 14.5 Å². The Morgan fingerprint density at radius 3 is 2.75 bits per heavy atom. The fourth-order valence-corrected chi connectivity index (χ4v) is 6.49. The second kappa shape index (κ2) is 7.42. The molecular formula is C25H21ClN2O3S. The van der Waals surface area contributed by atoms with Crippen LogP contribution in [0.2, 0.25) is 0 Å². The normalized spacial score (nSPS) is 27.5.